The van der Waals surface area contributed by atoms with Crippen LogP contribution in [0.3, 0.4) is 0 Å². The van der Waals surface area contributed by atoms with Crippen LogP contribution in [0.2, 0.25) is 0 Å². The number of rotatable bonds is 5. The van der Waals surface area contributed by atoms with E-state index in [-0.39, 0.29) is 18.7 Å². The first-order valence-corrected chi connectivity index (χ1v) is 9.29. The standard InChI is InChI=1S/C19H22N4O4/c1-2-22(12-8-20-9-12)10-11-3-4-13-14(7-11)19(27)23(18(13)26)15-5-6-16(24)21-17(15)25/h3-4,7,12,15,20H,2,5-6,8-10H2,1H3,(H,21,24,25). The van der Waals surface area contributed by atoms with Crippen LogP contribution in [-0.4, -0.2) is 65.1 Å². The zero-order valence-corrected chi connectivity index (χ0v) is 15.2. The van der Waals surface area contributed by atoms with Crippen LogP contribution in [0.1, 0.15) is 46.0 Å². The van der Waals surface area contributed by atoms with E-state index in [4.69, 9.17) is 0 Å². The number of carbonyl (C=O) groups excluding carboxylic acids is 4. The maximum atomic E-state index is 12.9. The molecule has 4 amide bonds. The summed E-state index contributed by atoms with van der Waals surface area (Å²) >= 11 is 0. The molecule has 1 unspecified atom stereocenters. The van der Waals surface area contributed by atoms with Crippen LogP contribution in [0.15, 0.2) is 18.2 Å². The highest BCUT2D eigenvalue weighted by atomic mass is 16.2. The molecule has 3 aliphatic heterocycles. The van der Waals surface area contributed by atoms with Gasteiger partial charge in [-0.1, -0.05) is 13.0 Å². The van der Waals surface area contributed by atoms with Gasteiger partial charge in [0.05, 0.1) is 11.1 Å². The molecule has 0 saturated carbocycles. The predicted molar refractivity (Wildman–Crippen MR) is 95.9 cm³/mol. The average molecular weight is 370 g/mol. The van der Waals surface area contributed by atoms with E-state index < -0.39 is 23.8 Å². The quantitative estimate of drug-likeness (QED) is 0.702. The Morgan fingerprint density at radius 1 is 1.11 bits per heavy atom. The van der Waals surface area contributed by atoms with Crippen LogP contribution in [0, 0.1) is 0 Å². The van der Waals surface area contributed by atoms with E-state index >= 15 is 0 Å². The minimum absolute atomic E-state index is 0.121. The van der Waals surface area contributed by atoms with Gasteiger partial charge < -0.3 is 5.32 Å². The molecule has 2 saturated heterocycles. The van der Waals surface area contributed by atoms with Crippen molar-refractivity contribution >= 4 is 23.6 Å². The summed E-state index contributed by atoms with van der Waals surface area (Å²) in [5.74, 6) is -1.89. The Morgan fingerprint density at radius 2 is 1.85 bits per heavy atom. The van der Waals surface area contributed by atoms with Gasteiger partial charge in [-0.25, -0.2) is 0 Å². The van der Waals surface area contributed by atoms with Gasteiger partial charge >= 0.3 is 0 Å². The molecule has 27 heavy (non-hydrogen) atoms. The largest absolute Gasteiger partial charge is 0.314 e. The maximum Gasteiger partial charge on any atom is 0.262 e. The summed E-state index contributed by atoms with van der Waals surface area (Å²) in [7, 11) is 0. The zero-order valence-electron chi connectivity index (χ0n) is 15.2. The second-order valence-corrected chi connectivity index (χ2v) is 7.20. The number of hydrogen-bond acceptors (Lipinski definition) is 6. The van der Waals surface area contributed by atoms with Crippen LogP contribution >= 0.6 is 0 Å². The molecule has 2 fully saturated rings. The van der Waals surface area contributed by atoms with E-state index in [1.165, 1.54) is 0 Å². The highest BCUT2D eigenvalue weighted by Gasteiger charge is 2.44. The summed E-state index contributed by atoms with van der Waals surface area (Å²) in [6.07, 6.45) is 0.289. The second kappa shape index (κ2) is 6.86. The maximum absolute atomic E-state index is 12.9. The number of fused-ring (bicyclic) bond motifs is 1. The highest BCUT2D eigenvalue weighted by Crippen LogP contribution is 2.28. The van der Waals surface area contributed by atoms with E-state index in [1.807, 2.05) is 6.07 Å². The van der Waals surface area contributed by atoms with Crippen molar-refractivity contribution < 1.29 is 19.2 Å². The molecule has 1 atom stereocenters. The van der Waals surface area contributed by atoms with Crippen LogP contribution in [-0.2, 0) is 16.1 Å². The molecule has 3 heterocycles. The van der Waals surface area contributed by atoms with Crippen molar-refractivity contribution in [3.05, 3.63) is 34.9 Å². The highest BCUT2D eigenvalue weighted by molar-refractivity contribution is 6.23. The summed E-state index contributed by atoms with van der Waals surface area (Å²) in [5, 5.41) is 5.46. The smallest absolute Gasteiger partial charge is 0.262 e. The van der Waals surface area contributed by atoms with Gasteiger partial charge in [0.15, 0.2) is 0 Å². The van der Waals surface area contributed by atoms with Crippen molar-refractivity contribution in [1.29, 1.82) is 0 Å². The van der Waals surface area contributed by atoms with E-state index in [0.29, 0.717) is 23.7 Å². The van der Waals surface area contributed by atoms with Crippen molar-refractivity contribution in [1.82, 2.24) is 20.4 Å². The molecule has 0 radical (unpaired) electrons. The molecule has 8 heteroatoms. The Balaban J connectivity index is 1.56. The summed E-state index contributed by atoms with van der Waals surface area (Å²) in [6.45, 7) is 5.62. The SMILES string of the molecule is CCN(Cc1ccc2c(c1)C(=O)N(C1CCC(=O)NC1=O)C2=O)C1CNC1. The molecule has 0 spiro atoms. The molecule has 2 N–H and O–H groups in total. The summed E-state index contributed by atoms with van der Waals surface area (Å²) < 4.78 is 0. The molecular formula is C19H22N4O4. The Bertz CT molecular complexity index is 833. The lowest BCUT2D eigenvalue weighted by Crippen LogP contribution is -2.56. The number of amides is 4. The summed E-state index contributed by atoms with van der Waals surface area (Å²) in [4.78, 5) is 52.4. The average Bonchev–Trinajstić information content (AvgIpc) is 2.84. The van der Waals surface area contributed by atoms with Crippen LogP contribution < -0.4 is 10.6 Å². The minimum Gasteiger partial charge on any atom is -0.314 e. The van der Waals surface area contributed by atoms with Crippen LogP contribution in [0.25, 0.3) is 0 Å². The lowest BCUT2D eigenvalue weighted by molar-refractivity contribution is -0.136. The number of carbonyl (C=O) groups is 4. The molecule has 1 aromatic rings. The van der Waals surface area contributed by atoms with Gasteiger partial charge in [-0.2, -0.15) is 0 Å². The van der Waals surface area contributed by atoms with Gasteiger partial charge in [0.2, 0.25) is 11.8 Å². The number of piperidine rings is 1. The van der Waals surface area contributed by atoms with Gasteiger partial charge in [0.25, 0.3) is 11.8 Å². The molecule has 4 rings (SSSR count). The minimum atomic E-state index is -0.924. The Labute approximate surface area is 156 Å². The Kier molecular flexibility index (Phi) is 4.53. The van der Waals surface area contributed by atoms with Gasteiger partial charge in [-0.05, 0) is 30.7 Å². The fourth-order valence-electron chi connectivity index (χ4n) is 3.88. The van der Waals surface area contributed by atoms with E-state index in [9.17, 15) is 19.2 Å². The van der Waals surface area contributed by atoms with Crippen LogP contribution in [0.4, 0.5) is 0 Å². The van der Waals surface area contributed by atoms with Crippen LogP contribution in [0.5, 0.6) is 0 Å². The molecular weight excluding hydrogens is 348 g/mol. The third-order valence-electron chi connectivity index (χ3n) is 5.57. The monoisotopic (exact) mass is 370 g/mol. The molecule has 1 aromatic carbocycles. The third kappa shape index (κ3) is 3.04. The predicted octanol–water partition coefficient (Wildman–Crippen LogP) is -0.118. The summed E-state index contributed by atoms with van der Waals surface area (Å²) in [5.41, 5.74) is 1.63. The first kappa shape index (κ1) is 17.8. The molecule has 3 aliphatic rings. The topological polar surface area (TPSA) is 98.8 Å². The van der Waals surface area contributed by atoms with E-state index in [2.05, 4.69) is 22.5 Å². The number of likely N-dealkylation sites (N-methyl/N-ethyl adjacent to an activating group) is 1. The van der Waals surface area contributed by atoms with Crippen molar-refractivity contribution in [2.45, 2.75) is 38.4 Å². The van der Waals surface area contributed by atoms with Gasteiger partial charge in [-0.3, -0.25) is 34.3 Å². The van der Waals surface area contributed by atoms with Crippen molar-refractivity contribution in [2.24, 2.45) is 0 Å². The number of nitrogens with zero attached hydrogens (tertiary/aromatic N) is 2. The fraction of sp³-hybridized carbons (Fsp3) is 0.474. The van der Waals surface area contributed by atoms with E-state index in [0.717, 1.165) is 30.1 Å². The molecule has 0 bridgehead atoms. The van der Waals surface area contributed by atoms with Gasteiger partial charge in [-0.15, -0.1) is 0 Å². The number of imide groups is 2. The Hall–Kier alpha value is -2.58. The lowest BCUT2D eigenvalue weighted by Gasteiger charge is -2.37. The first-order valence-electron chi connectivity index (χ1n) is 9.29. The second-order valence-electron chi connectivity index (χ2n) is 7.20. The first-order chi connectivity index (χ1) is 13.0. The molecule has 0 aromatic heterocycles. The van der Waals surface area contributed by atoms with Gasteiger partial charge in [0.1, 0.15) is 6.04 Å². The van der Waals surface area contributed by atoms with Crippen molar-refractivity contribution in [2.75, 3.05) is 19.6 Å². The van der Waals surface area contributed by atoms with Crippen molar-refractivity contribution in [3.63, 3.8) is 0 Å². The molecule has 8 nitrogen and oxygen atoms in total. The Morgan fingerprint density at radius 3 is 2.48 bits per heavy atom. The van der Waals surface area contributed by atoms with Gasteiger partial charge in [0, 0.05) is 32.1 Å². The fourth-order valence-corrected chi connectivity index (χ4v) is 3.88. The number of benzene rings is 1. The summed E-state index contributed by atoms with van der Waals surface area (Å²) in [6, 6.07) is 4.86. The molecule has 142 valence electrons. The lowest BCUT2D eigenvalue weighted by atomic mass is 10.0. The third-order valence-corrected chi connectivity index (χ3v) is 5.57. The number of hydrogen-bond donors (Lipinski definition) is 2. The number of nitrogens with one attached hydrogen (secondary N) is 2. The van der Waals surface area contributed by atoms with Crippen molar-refractivity contribution in [3.8, 4) is 0 Å². The van der Waals surface area contributed by atoms with E-state index in [1.54, 1.807) is 12.1 Å². The molecule has 0 aliphatic carbocycles. The zero-order chi connectivity index (χ0) is 19.1. The normalized spacial score (nSPS) is 22.9.